The number of carbonyl (C=O) groups is 2. The van der Waals surface area contributed by atoms with Gasteiger partial charge in [-0.15, -0.1) is 0 Å². The van der Waals surface area contributed by atoms with Crippen molar-refractivity contribution in [2.24, 2.45) is 0 Å². The van der Waals surface area contributed by atoms with Crippen LogP contribution in [-0.2, 0) is 0 Å². The number of amides is 3. The van der Waals surface area contributed by atoms with Gasteiger partial charge in [-0.05, 0) is 56.9 Å². The van der Waals surface area contributed by atoms with Gasteiger partial charge in [0.15, 0.2) is 0 Å². The van der Waals surface area contributed by atoms with E-state index in [0.29, 0.717) is 5.56 Å². The van der Waals surface area contributed by atoms with Crippen molar-refractivity contribution < 1.29 is 9.59 Å². The molecule has 2 N–H and O–H groups in total. The van der Waals surface area contributed by atoms with Crippen molar-refractivity contribution in [1.29, 1.82) is 0 Å². The van der Waals surface area contributed by atoms with E-state index in [2.05, 4.69) is 10.6 Å². The third kappa shape index (κ3) is 3.82. The molecule has 2 heterocycles. The first-order valence-electron chi connectivity index (χ1n) is 9.62. The summed E-state index contributed by atoms with van der Waals surface area (Å²) in [6, 6.07) is 17.6. The lowest BCUT2D eigenvalue weighted by molar-refractivity contribution is 0.0891. The van der Waals surface area contributed by atoms with Crippen LogP contribution in [0.4, 0.5) is 10.5 Å². The molecule has 140 valence electrons. The molecule has 5 heteroatoms. The normalized spacial score (nSPS) is 23.7. The molecule has 3 amide bonds. The van der Waals surface area contributed by atoms with Gasteiger partial charge >= 0.3 is 6.03 Å². The maximum absolute atomic E-state index is 12.8. The molecule has 5 nitrogen and oxygen atoms in total. The minimum absolute atomic E-state index is 0.0285. The van der Waals surface area contributed by atoms with Crippen LogP contribution >= 0.6 is 0 Å². The summed E-state index contributed by atoms with van der Waals surface area (Å²) >= 11 is 0. The van der Waals surface area contributed by atoms with Crippen molar-refractivity contribution >= 4 is 17.6 Å². The van der Waals surface area contributed by atoms with Gasteiger partial charge in [0.05, 0.1) is 0 Å². The summed E-state index contributed by atoms with van der Waals surface area (Å²) in [5, 5.41) is 6.17. The molecule has 2 atom stereocenters. The van der Waals surface area contributed by atoms with Gasteiger partial charge in [-0.25, -0.2) is 4.79 Å². The third-order valence-electron chi connectivity index (χ3n) is 5.64. The number of piperidine rings is 1. The van der Waals surface area contributed by atoms with Crippen LogP contribution in [-0.4, -0.2) is 35.0 Å². The number of nitrogens with zero attached hydrogens (tertiary/aromatic N) is 1. The summed E-state index contributed by atoms with van der Waals surface area (Å²) in [6.45, 7) is 2.03. The van der Waals surface area contributed by atoms with Crippen LogP contribution < -0.4 is 10.6 Å². The van der Waals surface area contributed by atoms with Crippen LogP contribution in [0, 0.1) is 6.92 Å². The fourth-order valence-electron chi connectivity index (χ4n) is 4.31. The summed E-state index contributed by atoms with van der Waals surface area (Å²) < 4.78 is 0. The minimum Gasteiger partial charge on any atom is -0.349 e. The highest BCUT2D eigenvalue weighted by atomic mass is 16.2. The first-order valence-corrected chi connectivity index (χ1v) is 9.62. The van der Waals surface area contributed by atoms with E-state index in [0.717, 1.165) is 31.4 Å². The van der Waals surface area contributed by atoms with Crippen molar-refractivity contribution in [1.82, 2.24) is 10.2 Å². The number of hydrogen-bond donors (Lipinski definition) is 2. The van der Waals surface area contributed by atoms with E-state index in [4.69, 9.17) is 0 Å². The van der Waals surface area contributed by atoms with Gasteiger partial charge in [-0.1, -0.05) is 35.9 Å². The van der Waals surface area contributed by atoms with Gasteiger partial charge in [-0.3, -0.25) is 4.79 Å². The quantitative estimate of drug-likeness (QED) is 0.867. The molecule has 2 aromatic carbocycles. The lowest BCUT2D eigenvalue weighted by Gasteiger charge is -2.39. The average molecular weight is 363 g/mol. The molecular formula is C22H25N3O2. The Morgan fingerprint density at radius 2 is 1.56 bits per heavy atom. The van der Waals surface area contributed by atoms with E-state index in [-0.39, 0.29) is 30.1 Å². The number of aryl methyl sites for hydroxylation is 1. The van der Waals surface area contributed by atoms with E-state index >= 15 is 0 Å². The SMILES string of the molecule is Cc1ccc(NC(=O)N2C3CCC2CC(NC(=O)c2ccccc2)C3)cc1. The number of anilines is 1. The highest BCUT2D eigenvalue weighted by Crippen LogP contribution is 2.36. The lowest BCUT2D eigenvalue weighted by atomic mass is 9.97. The fraction of sp³-hybridized carbons (Fsp3) is 0.364. The maximum atomic E-state index is 12.8. The Kier molecular flexibility index (Phi) is 4.84. The molecule has 2 unspecified atom stereocenters. The Labute approximate surface area is 159 Å². The molecule has 2 aromatic rings. The second kappa shape index (κ2) is 7.43. The Balaban J connectivity index is 1.38. The molecule has 2 aliphatic heterocycles. The molecule has 0 saturated carbocycles. The zero-order chi connectivity index (χ0) is 18.8. The molecule has 2 bridgehead atoms. The van der Waals surface area contributed by atoms with Gasteiger partial charge in [0.2, 0.25) is 0 Å². The summed E-state index contributed by atoms with van der Waals surface area (Å²) in [6.07, 6.45) is 3.64. The molecule has 2 saturated heterocycles. The number of carbonyl (C=O) groups excluding carboxylic acids is 2. The fourth-order valence-corrected chi connectivity index (χ4v) is 4.31. The van der Waals surface area contributed by atoms with Crippen molar-refractivity contribution in [2.75, 3.05) is 5.32 Å². The van der Waals surface area contributed by atoms with Crippen LogP contribution in [0.25, 0.3) is 0 Å². The summed E-state index contributed by atoms with van der Waals surface area (Å²) in [5.74, 6) is -0.0300. The highest BCUT2D eigenvalue weighted by molar-refractivity contribution is 5.94. The first kappa shape index (κ1) is 17.6. The molecule has 2 fully saturated rings. The number of benzene rings is 2. The summed E-state index contributed by atoms with van der Waals surface area (Å²) in [5.41, 5.74) is 2.68. The van der Waals surface area contributed by atoms with E-state index in [1.807, 2.05) is 66.4 Å². The van der Waals surface area contributed by atoms with Gasteiger partial charge in [-0.2, -0.15) is 0 Å². The average Bonchev–Trinajstić information content (AvgIpc) is 2.95. The standard InChI is InChI=1S/C22H25N3O2/c1-15-7-9-17(10-8-15)24-22(27)25-19-11-12-20(25)14-18(13-19)23-21(26)16-5-3-2-4-6-16/h2-10,18-20H,11-14H2,1H3,(H,23,26)(H,24,27). The van der Waals surface area contributed by atoms with E-state index in [1.165, 1.54) is 5.56 Å². The predicted octanol–water partition coefficient (Wildman–Crippen LogP) is 3.95. The Morgan fingerprint density at radius 3 is 2.19 bits per heavy atom. The van der Waals surface area contributed by atoms with Crippen molar-refractivity contribution in [3.8, 4) is 0 Å². The van der Waals surface area contributed by atoms with Gasteiger partial charge in [0.1, 0.15) is 0 Å². The van der Waals surface area contributed by atoms with Gasteiger partial charge in [0, 0.05) is 29.4 Å². The molecular weight excluding hydrogens is 338 g/mol. The molecule has 0 radical (unpaired) electrons. The summed E-state index contributed by atoms with van der Waals surface area (Å²) in [4.78, 5) is 27.2. The summed E-state index contributed by atoms with van der Waals surface area (Å²) in [7, 11) is 0. The van der Waals surface area contributed by atoms with E-state index in [1.54, 1.807) is 0 Å². The van der Waals surface area contributed by atoms with Gasteiger partial charge < -0.3 is 15.5 Å². The lowest BCUT2D eigenvalue weighted by Crippen LogP contribution is -2.53. The zero-order valence-corrected chi connectivity index (χ0v) is 15.5. The minimum atomic E-state index is -0.0300. The smallest absolute Gasteiger partial charge is 0.322 e. The van der Waals surface area contributed by atoms with Crippen LogP contribution in [0.3, 0.4) is 0 Å². The third-order valence-corrected chi connectivity index (χ3v) is 5.64. The topological polar surface area (TPSA) is 61.4 Å². The molecule has 0 aromatic heterocycles. The second-order valence-electron chi connectivity index (χ2n) is 7.60. The highest BCUT2D eigenvalue weighted by Gasteiger charge is 2.43. The van der Waals surface area contributed by atoms with Crippen molar-refractivity contribution in [3.63, 3.8) is 0 Å². The molecule has 0 aliphatic carbocycles. The number of rotatable bonds is 3. The largest absolute Gasteiger partial charge is 0.349 e. The van der Waals surface area contributed by atoms with Crippen molar-refractivity contribution in [2.45, 2.75) is 50.7 Å². The van der Waals surface area contributed by atoms with Crippen LogP contribution in [0.2, 0.25) is 0 Å². The predicted molar refractivity (Wildman–Crippen MR) is 106 cm³/mol. The Hall–Kier alpha value is -2.82. The molecule has 27 heavy (non-hydrogen) atoms. The maximum Gasteiger partial charge on any atom is 0.322 e. The van der Waals surface area contributed by atoms with E-state index in [9.17, 15) is 9.59 Å². The molecule has 2 aliphatic rings. The van der Waals surface area contributed by atoms with Crippen LogP contribution in [0.5, 0.6) is 0 Å². The van der Waals surface area contributed by atoms with Crippen LogP contribution in [0.1, 0.15) is 41.6 Å². The Morgan fingerprint density at radius 1 is 0.926 bits per heavy atom. The number of fused-ring (bicyclic) bond motifs is 2. The number of urea groups is 1. The van der Waals surface area contributed by atoms with E-state index < -0.39 is 0 Å². The second-order valence-corrected chi connectivity index (χ2v) is 7.60. The van der Waals surface area contributed by atoms with Crippen molar-refractivity contribution in [3.05, 3.63) is 65.7 Å². The molecule has 4 rings (SSSR count). The number of nitrogens with one attached hydrogen (secondary N) is 2. The number of hydrogen-bond acceptors (Lipinski definition) is 2. The first-order chi connectivity index (χ1) is 13.1. The van der Waals surface area contributed by atoms with Gasteiger partial charge in [0.25, 0.3) is 5.91 Å². The monoisotopic (exact) mass is 363 g/mol. The zero-order valence-electron chi connectivity index (χ0n) is 15.5. The molecule has 0 spiro atoms. The Bertz CT molecular complexity index is 805. The van der Waals surface area contributed by atoms with Crippen LogP contribution in [0.15, 0.2) is 54.6 Å².